The van der Waals surface area contributed by atoms with Gasteiger partial charge in [-0.1, -0.05) is 0 Å². The third-order valence-corrected chi connectivity index (χ3v) is 3.74. The summed E-state index contributed by atoms with van der Waals surface area (Å²) in [4.78, 5) is 33.6. The van der Waals surface area contributed by atoms with E-state index in [1.807, 2.05) is 0 Å². The molecule has 1 aromatic heterocycles. The molecule has 0 aliphatic carbocycles. The summed E-state index contributed by atoms with van der Waals surface area (Å²) in [5.74, 6) is -1.05. The monoisotopic (exact) mass is 367 g/mol. The zero-order chi connectivity index (χ0) is 19.6. The van der Waals surface area contributed by atoms with Crippen molar-refractivity contribution in [3.05, 3.63) is 80.3 Å². The Hall–Kier alpha value is -4.08. The van der Waals surface area contributed by atoms with Gasteiger partial charge in [0.15, 0.2) is 5.69 Å². The fraction of sp³-hybridized carbons (Fsp3) is 0.0588. The minimum Gasteiger partial charge on any atom is -0.478 e. The molecule has 0 fully saturated rings. The molecule has 0 unspecified atom stereocenters. The van der Waals surface area contributed by atoms with Crippen molar-refractivity contribution in [2.45, 2.75) is 6.92 Å². The number of carboxylic acid groups (broad SMARTS) is 1. The van der Waals surface area contributed by atoms with Crippen LogP contribution in [0.15, 0.2) is 63.6 Å². The number of carboxylic acids is 1. The lowest BCUT2D eigenvalue weighted by Gasteiger charge is -2.00. The number of aryl methyl sites for hydroxylation is 1. The number of aromatic nitrogens is 2. The zero-order valence-electron chi connectivity index (χ0n) is 14.0. The Morgan fingerprint density at radius 3 is 2.30 bits per heavy atom. The summed E-state index contributed by atoms with van der Waals surface area (Å²) in [6.07, 6.45) is 0. The maximum absolute atomic E-state index is 12.5. The van der Waals surface area contributed by atoms with Crippen LogP contribution >= 0.6 is 0 Å². The summed E-state index contributed by atoms with van der Waals surface area (Å²) in [5.41, 5.74) is 0.919. The lowest BCUT2D eigenvalue weighted by Crippen LogP contribution is -2.13. The van der Waals surface area contributed by atoms with Crippen molar-refractivity contribution >= 4 is 23.0 Å². The van der Waals surface area contributed by atoms with Gasteiger partial charge < -0.3 is 5.11 Å². The number of rotatable bonds is 5. The highest BCUT2D eigenvalue weighted by molar-refractivity contribution is 5.87. The second-order valence-corrected chi connectivity index (χ2v) is 5.55. The van der Waals surface area contributed by atoms with Gasteiger partial charge in [0.1, 0.15) is 0 Å². The Morgan fingerprint density at radius 2 is 1.74 bits per heavy atom. The van der Waals surface area contributed by atoms with Crippen LogP contribution in [-0.2, 0) is 0 Å². The van der Waals surface area contributed by atoms with Crippen LogP contribution in [0.4, 0.5) is 17.1 Å². The number of non-ortho nitro benzene ring substituents is 1. The molecule has 0 aliphatic rings. The minimum atomic E-state index is -1.05. The van der Waals surface area contributed by atoms with E-state index in [0.717, 1.165) is 0 Å². The number of nitro benzene ring substituents is 1. The quantitative estimate of drug-likeness (QED) is 0.403. The summed E-state index contributed by atoms with van der Waals surface area (Å²) in [6.45, 7) is 1.64. The second kappa shape index (κ2) is 7.04. The molecule has 0 amide bonds. The molecule has 0 aliphatic heterocycles. The van der Waals surface area contributed by atoms with Gasteiger partial charge in [0.2, 0.25) is 0 Å². The first-order chi connectivity index (χ1) is 12.9. The van der Waals surface area contributed by atoms with Crippen LogP contribution in [-0.4, -0.2) is 25.8 Å². The molecule has 2 aromatic carbocycles. The molecule has 0 atom stereocenters. The molecule has 0 saturated carbocycles. The molecule has 2 N–H and O–H groups in total. The average molecular weight is 367 g/mol. The number of hydrogen-bond acceptors (Lipinski definition) is 6. The van der Waals surface area contributed by atoms with E-state index in [1.54, 1.807) is 6.92 Å². The van der Waals surface area contributed by atoms with Gasteiger partial charge in [0, 0.05) is 12.1 Å². The summed E-state index contributed by atoms with van der Waals surface area (Å²) >= 11 is 0. The molecule has 0 spiro atoms. The minimum absolute atomic E-state index is 0.0793. The van der Waals surface area contributed by atoms with Gasteiger partial charge in [-0.05, 0) is 43.3 Å². The number of nitro groups is 1. The van der Waals surface area contributed by atoms with E-state index in [1.165, 1.54) is 53.2 Å². The van der Waals surface area contributed by atoms with Gasteiger partial charge in [0.05, 0.1) is 27.6 Å². The van der Waals surface area contributed by atoms with E-state index in [2.05, 4.69) is 15.3 Å². The fourth-order valence-corrected chi connectivity index (χ4v) is 2.34. The molecule has 10 nitrogen and oxygen atoms in total. The van der Waals surface area contributed by atoms with Crippen molar-refractivity contribution in [3.63, 3.8) is 0 Å². The van der Waals surface area contributed by atoms with E-state index in [9.17, 15) is 19.7 Å². The summed E-state index contributed by atoms with van der Waals surface area (Å²) in [7, 11) is 0. The Kier molecular flexibility index (Phi) is 4.62. The third kappa shape index (κ3) is 3.63. The topological polar surface area (TPSA) is 143 Å². The van der Waals surface area contributed by atoms with Crippen molar-refractivity contribution in [1.82, 2.24) is 9.78 Å². The lowest BCUT2D eigenvalue weighted by atomic mass is 10.2. The highest BCUT2D eigenvalue weighted by Crippen LogP contribution is 2.20. The van der Waals surface area contributed by atoms with E-state index in [0.29, 0.717) is 17.1 Å². The molecule has 10 heteroatoms. The fourth-order valence-electron chi connectivity index (χ4n) is 2.34. The van der Waals surface area contributed by atoms with Crippen molar-refractivity contribution in [2.24, 2.45) is 10.2 Å². The molecular formula is C17H13N5O5. The molecule has 0 saturated heterocycles. The largest absolute Gasteiger partial charge is 0.478 e. The van der Waals surface area contributed by atoms with Crippen LogP contribution in [0.3, 0.4) is 0 Å². The van der Waals surface area contributed by atoms with Gasteiger partial charge in [0.25, 0.3) is 11.2 Å². The number of carbonyl (C=O) groups is 1. The smallest absolute Gasteiger partial charge is 0.335 e. The van der Waals surface area contributed by atoms with E-state index in [4.69, 9.17) is 5.11 Å². The number of benzene rings is 2. The van der Waals surface area contributed by atoms with Gasteiger partial charge in [-0.25, -0.2) is 9.48 Å². The summed E-state index contributed by atoms with van der Waals surface area (Å²) < 4.78 is 1.21. The average Bonchev–Trinajstić information content (AvgIpc) is 2.94. The molecule has 136 valence electrons. The summed E-state index contributed by atoms with van der Waals surface area (Å²) in [6, 6.07) is 11.2. The highest BCUT2D eigenvalue weighted by atomic mass is 16.6. The normalized spacial score (nSPS) is 11.0. The molecular weight excluding hydrogens is 354 g/mol. The van der Waals surface area contributed by atoms with Gasteiger partial charge in [-0.15, -0.1) is 5.11 Å². The van der Waals surface area contributed by atoms with Crippen LogP contribution in [0, 0.1) is 17.0 Å². The molecule has 0 radical (unpaired) electrons. The molecule has 0 bridgehead atoms. The number of azo groups is 1. The maximum atomic E-state index is 12.5. The van der Waals surface area contributed by atoms with Crippen LogP contribution in [0.1, 0.15) is 16.1 Å². The predicted molar refractivity (Wildman–Crippen MR) is 95.4 cm³/mol. The highest BCUT2D eigenvalue weighted by Gasteiger charge is 2.13. The lowest BCUT2D eigenvalue weighted by molar-refractivity contribution is -0.384. The SMILES string of the molecule is Cc1[nH]n(-c2ccc([N+](=O)[O-])cc2)c(=O)c1N=Nc1ccc(C(=O)O)cc1. The van der Waals surface area contributed by atoms with Crippen molar-refractivity contribution in [1.29, 1.82) is 0 Å². The molecule has 3 rings (SSSR count). The molecule has 3 aromatic rings. The molecule has 27 heavy (non-hydrogen) atoms. The molecule has 1 heterocycles. The third-order valence-electron chi connectivity index (χ3n) is 3.74. The van der Waals surface area contributed by atoms with Crippen molar-refractivity contribution < 1.29 is 14.8 Å². The Labute approximate surface area is 151 Å². The Balaban J connectivity index is 1.90. The van der Waals surface area contributed by atoms with Gasteiger partial charge in [-0.2, -0.15) is 5.11 Å². The first-order valence-corrected chi connectivity index (χ1v) is 7.68. The summed E-state index contributed by atoms with van der Waals surface area (Å²) in [5, 5.41) is 30.3. The van der Waals surface area contributed by atoms with Crippen molar-refractivity contribution in [3.8, 4) is 5.69 Å². The first kappa shape index (κ1) is 17.7. The predicted octanol–water partition coefficient (Wildman–Crippen LogP) is 3.50. The Morgan fingerprint density at radius 1 is 1.11 bits per heavy atom. The van der Waals surface area contributed by atoms with Crippen LogP contribution in [0.25, 0.3) is 5.69 Å². The zero-order valence-corrected chi connectivity index (χ0v) is 14.0. The number of aromatic amines is 1. The van der Waals surface area contributed by atoms with E-state index >= 15 is 0 Å². The van der Waals surface area contributed by atoms with Crippen molar-refractivity contribution in [2.75, 3.05) is 0 Å². The van der Waals surface area contributed by atoms with Crippen LogP contribution < -0.4 is 5.56 Å². The maximum Gasteiger partial charge on any atom is 0.335 e. The van der Waals surface area contributed by atoms with Gasteiger partial charge >= 0.3 is 5.97 Å². The second-order valence-electron chi connectivity index (χ2n) is 5.55. The Bertz CT molecular complexity index is 1090. The van der Waals surface area contributed by atoms with Gasteiger partial charge in [-0.3, -0.25) is 20.0 Å². The number of nitrogens with one attached hydrogen (secondary N) is 1. The van der Waals surface area contributed by atoms with E-state index < -0.39 is 16.5 Å². The first-order valence-electron chi connectivity index (χ1n) is 7.68. The van der Waals surface area contributed by atoms with E-state index in [-0.39, 0.29) is 16.9 Å². The standard InChI is InChI=1S/C17H13N5O5/c1-10-15(19-18-12-4-2-11(3-5-12)17(24)25)16(23)21(20-10)13-6-8-14(9-7-13)22(26)27/h2-9,20H,1H3,(H,24,25). The number of hydrogen-bond donors (Lipinski definition) is 2. The van der Waals surface area contributed by atoms with Crippen LogP contribution in [0.2, 0.25) is 0 Å². The number of nitrogens with zero attached hydrogens (tertiary/aromatic N) is 4. The number of aromatic carboxylic acids is 1. The van der Waals surface area contributed by atoms with Crippen LogP contribution in [0.5, 0.6) is 0 Å². The number of H-pyrrole nitrogens is 1.